The number of aliphatic carboxylic acids is 1. The average molecular weight is 215 g/mol. The van der Waals surface area contributed by atoms with Gasteiger partial charge in [-0.3, -0.25) is 10.1 Å². The second kappa shape index (κ2) is 4.61. The van der Waals surface area contributed by atoms with E-state index < -0.39 is 30.3 Å². The monoisotopic (exact) mass is 215 g/mol. The fraction of sp³-hybridized carbons (Fsp3) is 0.857. The predicted octanol–water partition coefficient (Wildman–Crippen LogP) is 0.361. The third-order valence-corrected chi connectivity index (χ3v) is 1.67. The van der Waals surface area contributed by atoms with Crippen molar-refractivity contribution in [2.45, 2.75) is 38.2 Å². The van der Waals surface area contributed by atoms with Crippen LogP contribution in [0.1, 0.15) is 13.8 Å². The highest BCUT2D eigenvalue weighted by Gasteiger charge is 2.39. The van der Waals surface area contributed by atoms with Gasteiger partial charge in [-0.25, -0.2) is 0 Å². The minimum absolute atomic E-state index is 0.790. The molecule has 4 nitrogen and oxygen atoms in total. The van der Waals surface area contributed by atoms with Crippen LogP contribution in [0.25, 0.3) is 0 Å². The standard InChI is InChI=1S/C7H12F3NO3/c1-3(12)5(6(13)14)11-4(2)7(8,9)10/h3-5,11-12H,1-2H3,(H,13,14)/t3-,4+,5+/m1/s1. The van der Waals surface area contributed by atoms with Crippen molar-refractivity contribution in [3.05, 3.63) is 0 Å². The number of hydrogen-bond donors (Lipinski definition) is 3. The third kappa shape index (κ3) is 3.93. The molecular weight excluding hydrogens is 203 g/mol. The molecule has 0 bridgehead atoms. The van der Waals surface area contributed by atoms with Crippen LogP contribution >= 0.6 is 0 Å². The highest BCUT2D eigenvalue weighted by molar-refractivity contribution is 5.74. The van der Waals surface area contributed by atoms with Crippen LogP contribution in [0.15, 0.2) is 0 Å². The Morgan fingerprint density at radius 2 is 1.79 bits per heavy atom. The number of halogens is 3. The van der Waals surface area contributed by atoms with E-state index >= 15 is 0 Å². The molecule has 3 N–H and O–H groups in total. The number of nitrogens with one attached hydrogen (secondary N) is 1. The minimum atomic E-state index is -4.53. The van der Waals surface area contributed by atoms with Crippen LogP contribution in [0.5, 0.6) is 0 Å². The number of aliphatic hydroxyl groups excluding tert-OH is 1. The zero-order valence-corrected chi connectivity index (χ0v) is 7.67. The zero-order chi connectivity index (χ0) is 11.5. The molecule has 0 saturated heterocycles. The second-order valence-electron chi connectivity index (χ2n) is 2.99. The van der Waals surface area contributed by atoms with Gasteiger partial charge in [0.05, 0.1) is 6.10 Å². The number of alkyl halides is 3. The van der Waals surface area contributed by atoms with Crippen molar-refractivity contribution in [1.82, 2.24) is 5.32 Å². The Morgan fingerprint density at radius 3 is 2.00 bits per heavy atom. The first-order valence-electron chi connectivity index (χ1n) is 3.90. The molecule has 0 aromatic rings. The largest absolute Gasteiger partial charge is 0.480 e. The summed E-state index contributed by atoms with van der Waals surface area (Å²) in [5.74, 6) is -1.52. The maximum absolute atomic E-state index is 12.0. The summed E-state index contributed by atoms with van der Waals surface area (Å²) in [6.45, 7) is 1.90. The molecule has 0 aliphatic carbocycles. The second-order valence-corrected chi connectivity index (χ2v) is 2.99. The number of carboxylic acid groups (broad SMARTS) is 1. The van der Waals surface area contributed by atoms with Crippen LogP contribution in [0.4, 0.5) is 13.2 Å². The van der Waals surface area contributed by atoms with Gasteiger partial charge in [0.1, 0.15) is 12.1 Å². The van der Waals surface area contributed by atoms with Gasteiger partial charge in [-0.1, -0.05) is 0 Å². The molecule has 0 fully saturated rings. The Hall–Kier alpha value is -0.820. The molecule has 0 radical (unpaired) electrons. The van der Waals surface area contributed by atoms with E-state index in [0.717, 1.165) is 13.8 Å². The van der Waals surface area contributed by atoms with E-state index in [0.29, 0.717) is 0 Å². The van der Waals surface area contributed by atoms with Crippen LogP contribution in [-0.2, 0) is 4.79 Å². The Balaban J connectivity index is 4.39. The minimum Gasteiger partial charge on any atom is -0.480 e. The van der Waals surface area contributed by atoms with Crippen molar-refractivity contribution in [3.63, 3.8) is 0 Å². The van der Waals surface area contributed by atoms with Crippen molar-refractivity contribution >= 4 is 5.97 Å². The molecule has 3 atom stereocenters. The van der Waals surface area contributed by atoms with E-state index in [9.17, 15) is 18.0 Å². The maximum atomic E-state index is 12.0. The highest BCUT2D eigenvalue weighted by atomic mass is 19.4. The van der Waals surface area contributed by atoms with Crippen molar-refractivity contribution in [2.75, 3.05) is 0 Å². The Labute approximate surface area is 78.7 Å². The molecule has 0 spiro atoms. The lowest BCUT2D eigenvalue weighted by Gasteiger charge is -2.23. The van der Waals surface area contributed by atoms with Gasteiger partial charge in [0, 0.05) is 0 Å². The Bertz CT molecular complexity index is 205. The van der Waals surface area contributed by atoms with Crippen molar-refractivity contribution in [2.24, 2.45) is 0 Å². The van der Waals surface area contributed by atoms with Gasteiger partial charge in [0.25, 0.3) is 0 Å². The topological polar surface area (TPSA) is 69.6 Å². The quantitative estimate of drug-likeness (QED) is 0.633. The summed E-state index contributed by atoms with van der Waals surface area (Å²) in [5, 5.41) is 19.1. The van der Waals surface area contributed by atoms with E-state index in [4.69, 9.17) is 10.2 Å². The molecule has 7 heteroatoms. The molecule has 0 aromatic heterocycles. The molecule has 0 unspecified atom stereocenters. The van der Waals surface area contributed by atoms with Crippen molar-refractivity contribution in [1.29, 1.82) is 0 Å². The number of rotatable bonds is 4. The molecule has 0 rings (SSSR count). The molecule has 0 saturated carbocycles. The lowest BCUT2D eigenvalue weighted by molar-refractivity contribution is -0.160. The number of hydrogen-bond acceptors (Lipinski definition) is 3. The van der Waals surface area contributed by atoms with Crippen molar-refractivity contribution in [3.8, 4) is 0 Å². The highest BCUT2D eigenvalue weighted by Crippen LogP contribution is 2.20. The van der Waals surface area contributed by atoms with Gasteiger partial charge >= 0.3 is 12.1 Å². The van der Waals surface area contributed by atoms with Gasteiger partial charge in [-0.05, 0) is 13.8 Å². The van der Waals surface area contributed by atoms with E-state index in [-0.39, 0.29) is 0 Å². The molecule has 0 aromatic carbocycles. The lowest BCUT2D eigenvalue weighted by atomic mass is 10.1. The van der Waals surface area contributed by atoms with Gasteiger partial charge in [-0.15, -0.1) is 0 Å². The van der Waals surface area contributed by atoms with E-state index in [2.05, 4.69) is 0 Å². The van der Waals surface area contributed by atoms with Crippen molar-refractivity contribution < 1.29 is 28.2 Å². The SMILES string of the molecule is C[C@H](N[C@H](C(=O)O)[C@@H](C)O)C(F)(F)F. The van der Waals surface area contributed by atoms with Crippen LogP contribution in [0.2, 0.25) is 0 Å². The molecule has 14 heavy (non-hydrogen) atoms. The first kappa shape index (κ1) is 13.2. The molecule has 0 aliphatic heterocycles. The Kier molecular flexibility index (Phi) is 4.34. The van der Waals surface area contributed by atoms with Crippen LogP contribution < -0.4 is 5.32 Å². The van der Waals surface area contributed by atoms with Crippen LogP contribution in [0, 0.1) is 0 Å². The first-order valence-corrected chi connectivity index (χ1v) is 3.90. The lowest BCUT2D eigenvalue weighted by Crippen LogP contribution is -2.53. The smallest absolute Gasteiger partial charge is 0.403 e. The summed E-state index contributed by atoms with van der Waals surface area (Å²) < 4.78 is 36.0. The summed E-state index contributed by atoms with van der Waals surface area (Å²) in [4.78, 5) is 10.4. The maximum Gasteiger partial charge on any atom is 0.403 e. The summed E-state index contributed by atoms with van der Waals surface area (Å²) in [6, 6.07) is -3.59. The zero-order valence-electron chi connectivity index (χ0n) is 7.67. The summed E-state index contributed by atoms with van der Waals surface area (Å²) in [6.07, 6.45) is -5.92. The van der Waals surface area contributed by atoms with Gasteiger partial charge < -0.3 is 10.2 Å². The summed E-state index contributed by atoms with van der Waals surface area (Å²) >= 11 is 0. The first-order chi connectivity index (χ1) is 6.16. The molecular formula is C7H12F3NO3. The third-order valence-electron chi connectivity index (χ3n) is 1.67. The van der Waals surface area contributed by atoms with Crippen LogP contribution in [0.3, 0.4) is 0 Å². The predicted molar refractivity (Wildman–Crippen MR) is 41.8 cm³/mol. The molecule has 0 aliphatic rings. The fourth-order valence-electron chi connectivity index (χ4n) is 0.781. The average Bonchev–Trinajstić information content (AvgIpc) is 1.96. The van der Waals surface area contributed by atoms with E-state index in [1.165, 1.54) is 0 Å². The number of aliphatic hydroxyl groups is 1. The van der Waals surface area contributed by atoms with Gasteiger partial charge in [0.2, 0.25) is 0 Å². The van der Waals surface area contributed by atoms with E-state index in [1.807, 2.05) is 0 Å². The molecule has 84 valence electrons. The molecule has 0 amide bonds. The summed E-state index contributed by atoms with van der Waals surface area (Å²) in [7, 11) is 0. The van der Waals surface area contributed by atoms with Gasteiger partial charge in [0.15, 0.2) is 0 Å². The Morgan fingerprint density at radius 1 is 1.36 bits per heavy atom. The fourth-order valence-corrected chi connectivity index (χ4v) is 0.781. The van der Waals surface area contributed by atoms with Crippen LogP contribution in [-0.4, -0.2) is 40.5 Å². The van der Waals surface area contributed by atoms with Gasteiger partial charge in [-0.2, -0.15) is 13.2 Å². The van der Waals surface area contributed by atoms with E-state index in [1.54, 1.807) is 5.32 Å². The number of carboxylic acids is 1. The number of carbonyl (C=O) groups is 1. The summed E-state index contributed by atoms with van der Waals surface area (Å²) in [5.41, 5.74) is 0. The normalized spacial score (nSPS) is 18.7. The molecule has 0 heterocycles.